The van der Waals surface area contributed by atoms with Crippen molar-refractivity contribution in [1.82, 2.24) is 19.9 Å². The monoisotopic (exact) mass is 423 g/mol. The Labute approximate surface area is 178 Å². The van der Waals surface area contributed by atoms with Crippen LogP contribution in [0.2, 0.25) is 5.02 Å². The summed E-state index contributed by atoms with van der Waals surface area (Å²) in [7, 11) is 0. The van der Waals surface area contributed by atoms with Gasteiger partial charge in [-0.25, -0.2) is 9.97 Å². The average Bonchev–Trinajstić information content (AvgIpc) is 3.36. The lowest BCUT2D eigenvalue weighted by Gasteiger charge is -2.31. The first-order valence-electron chi connectivity index (χ1n) is 9.87. The van der Waals surface area contributed by atoms with E-state index in [1.807, 2.05) is 42.6 Å². The molecule has 4 aromatic rings. The molecule has 148 valence electrons. The molecule has 0 bridgehead atoms. The molecule has 0 atom stereocenters. The molecule has 1 saturated heterocycles. The van der Waals surface area contributed by atoms with Crippen LogP contribution in [-0.2, 0) is 6.54 Å². The summed E-state index contributed by atoms with van der Waals surface area (Å²) in [5.41, 5.74) is 3.30. The fraction of sp³-hybridized carbons (Fsp3) is 0.273. The Morgan fingerprint density at radius 3 is 2.79 bits per heavy atom. The number of imidazole rings is 1. The van der Waals surface area contributed by atoms with Crippen LogP contribution in [0, 0.1) is 0 Å². The fourth-order valence-corrected chi connectivity index (χ4v) is 5.01. The number of nitrogens with zero attached hydrogens (tertiary/aromatic N) is 3. The quantitative estimate of drug-likeness (QED) is 0.450. The van der Waals surface area contributed by atoms with E-state index in [1.165, 1.54) is 5.69 Å². The van der Waals surface area contributed by atoms with Crippen LogP contribution in [-0.4, -0.2) is 39.0 Å². The number of H-pyrrole nitrogens is 1. The summed E-state index contributed by atoms with van der Waals surface area (Å²) in [6.45, 7) is 3.04. The van der Waals surface area contributed by atoms with Gasteiger partial charge in [-0.15, -0.1) is 0 Å². The van der Waals surface area contributed by atoms with Crippen LogP contribution in [0.3, 0.4) is 0 Å². The zero-order chi connectivity index (χ0) is 19.6. The SMILES string of the molecule is Clc1ccc2nc(NC3CCN(Cc4cnc(-c5ccccc5)[nH]4)CC3)sc2c1. The molecule has 0 spiro atoms. The van der Waals surface area contributed by atoms with Crippen molar-refractivity contribution in [1.29, 1.82) is 0 Å². The summed E-state index contributed by atoms with van der Waals surface area (Å²) in [5, 5.41) is 5.36. The lowest BCUT2D eigenvalue weighted by atomic mass is 10.1. The number of hydrogen-bond donors (Lipinski definition) is 2. The van der Waals surface area contributed by atoms with Gasteiger partial charge < -0.3 is 10.3 Å². The number of halogens is 1. The van der Waals surface area contributed by atoms with Gasteiger partial charge in [-0.1, -0.05) is 53.3 Å². The second-order valence-corrected chi connectivity index (χ2v) is 8.92. The molecule has 0 amide bonds. The van der Waals surface area contributed by atoms with E-state index < -0.39 is 0 Å². The number of hydrogen-bond acceptors (Lipinski definition) is 5. The van der Waals surface area contributed by atoms with Gasteiger partial charge >= 0.3 is 0 Å². The Kier molecular flexibility index (Phi) is 5.23. The molecular formula is C22H22ClN5S. The van der Waals surface area contributed by atoms with Crippen LogP contribution in [0.4, 0.5) is 5.13 Å². The summed E-state index contributed by atoms with van der Waals surface area (Å²) in [4.78, 5) is 15.2. The zero-order valence-electron chi connectivity index (χ0n) is 15.9. The predicted octanol–water partition coefficient (Wildman–Crippen LogP) is 5.42. The van der Waals surface area contributed by atoms with Crippen molar-refractivity contribution >= 4 is 38.3 Å². The van der Waals surface area contributed by atoms with Crippen LogP contribution in [0.25, 0.3) is 21.6 Å². The predicted molar refractivity (Wildman–Crippen MR) is 121 cm³/mol. The van der Waals surface area contributed by atoms with Crippen LogP contribution in [0.1, 0.15) is 18.5 Å². The second-order valence-electron chi connectivity index (χ2n) is 7.45. The molecule has 5 rings (SSSR count). The van der Waals surface area contributed by atoms with E-state index in [1.54, 1.807) is 11.3 Å². The molecule has 5 nitrogen and oxygen atoms in total. The van der Waals surface area contributed by atoms with Gasteiger partial charge in [0.2, 0.25) is 0 Å². The van der Waals surface area contributed by atoms with Crippen LogP contribution in [0.5, 0.6) is 0 Å². The standard InChI is InChI=1S/C22H22ClN5S/c23-16-6-7-19-20(12-16)29-22(27-19)26-17-8-10-28(11-9-17)14-18-13-24-21(25-18)15-4-2-1-3-5-15/h1-7,12-13,17H,8-11,14H2,(H,24,25)(H,26,27). The highest BCUT2D eigenvalue weighted by molar-refractivity contribution is 7.22. The Morgan fingerprint density at radius 1 is 1.14 bits per heavy atom. The first-order chi connectivity index (χ1) is 14.2. The summed E-state index contributed by atoms with van der Waals surface area (Å²) in [6.07, 6.45) is 4.17. The highest BCUT2D eigenvalue weighted by atomic mass is 35.5. The third-order valence-electron chi connectivity index (χ3n) is 5.34. The number of nitrogens with one attached hydrogen (secondary N) is 2. The lowest BCUT2D eigenvalue weighted by molar-refractivity contribution is 0.209. The fourth-order valence-electron chi connectivity index (χ4n) is 3.79. The van der Waals surface area contributed by atoms with Gasteiger partial charge in [0.25, 0.3) is 0 Å². The van der Waals surface area contributed by atoms with Crippen molar-refractivity contribution in [3.8, 4) is 11.4 Å². The number of aromatic nitrogens is 3. The van der Waals surface area contributed by atoms with Gasteiger partial charge in [0.1, 0.15) is 5.82 Å². The minimum absolute atomic E-state index is 0.462. The molecule has 0 aliphatic carbocycles. The van der Waals surface area contributed by atoms with Crippen molar-refractivity contribution in [2.75, 3.05) is 18.4 Å². The number of rotatable bonds is 5. The topological polar surface area (TPSA) is 56.8 Å². The van der Waals surface area contributed by atoms with Gasteiger partial charge in [-0.2, -0.15) is 0 Å². The van der Waals surface area contributed by atoms with E-state index in [-0.39, 0.29) is 0 Å². The molecule has 0 saturated carbocycles. The third-order valence-corrected chi connectivity index (χ3v) is 6.52. The molecule has 2 aromatic heterocycles. The molecule has 0 radical (unpaired) electrons. The van der Waals surface area contributed by atoms with Crippen LogP contribution >= 0.6 is 22.9 Å². The van der Waals surface area contributed by atoms with E-state index in [4.69, 9.17) is 11.6 Å². The smallest absolute Gasteiger partial charge is 0.184 e. The molecule has 2 N–H and O–H groups in total. The Bertz CT molecular complexity index is 1100. The Balaban J connectivity index is 1.16. The number of aromatic amines is 1. The molecule has 7 heteroatoms. The summed E-state index contributed by atoms with van der Waals surface area (Å²) in [5.74, 6) is 0.938. The number of likely N-dealkylation sites (tertiary alicyclic amines) is 1. The van der Waals surface area contributed by atoms with Crippen molar-refractivity contribution < 1.29 is 0 Å². The summed E-state index contributed by atoms with van der Waals surface area (Å²) < 4.78 is 1.13. The zero-order valence-corrected chi connectivity index (χ0v) is 17.5. The molecule has 1 aliphatic rings. The maximum absolute atomic E-state index is 6.08. The van der Waals surface area contributed by atoms with E-state index >= 15 is 0 Å². The Hall–Kier alpha value is -2.41. The highest BCUT2D eigenvalue weighted by Gasteiger charge is 2.21. The van der Waals surface area contributed by atoms with Gasteiger partial charge in [-0.3, -0.25) is 4.90 Å². The van der Waals surface area contributed by atoms with E-state index in [9.17, 15) is 0 Å². The van der Waals surface area contributed by atoms with Crippen molar-refractivity contribution in [2.45, 2.75) is 25.4 Å². The number of benzene rings is 2. The number of fused-ring (bicyclic) bond motifs is 1. The molecule has 1 fully saturated rings. The molecule has 2 aromatic carbocycles. The first kappa shape index (κ1) is 18.6. The van der Waals surface area contributed by atoms with E-state index in [2.05, 4.69) is 37.3 Å². The normalized spacial score (nSPS) is 15.8. The van der Waals surface area contributed by atoms with Gasteiger partial charge in [-0.05, 0) is 31.0 Å². The van der Waals surface area contributed by atoms with Crippen molar-refractivity contribution in [3.63, 3.8) is 0 Å². The average molecular weight is 424 g/mol. The van der Waals surface area contributed by atoms with Gasteiger partial charge in [0.05, 0.1) is 10.2 Å². The Morgan fingerprint density at radius 2 is 1.97 bits per heavy atom. The molecule has 1 aliphatic heterocycles. The summed E-state index contributed by atoms with van der Waals surface area (Å²) in [6, 6.07) is 16.6. The molecule has 0 unspecified atom stereocenters. The van der Waals surface area contributed by atoms with Crippen molar-refractivity contribution in [2.24, 2.45) is 0 Å². The third kappa shape index (κ3) is 4.29. The number of anilines is 1. The number of thiazole rings is 1. The number of piperidine rings is 1. The minimum atomic E-state index is 0.462. The molecule has 3 heterocycles. The largest absolute Gasteiger partial charge is 0.359 e. The maximum atomic E-state index is 6.08. The minimum Gasteiger partial charge on any atom is -0.359 e. The van der Waals surface area contributed by atoms with Crippen LogP contribution in [0.15, 0.2) is 54.7 Å². The highest BCUT2D eigenvalue weighted by Crippen LogP contribution is 2.29. The van der Waals surface area contributed by atoms with E-state index in [0.29, 0.717) is 6.04 Å². The maximum Gasteiger partial charge on any atom is 0.184 e. The van der Waals surface area contributed by atoms with Gasteiger partial charge in [0, 0.05) is 48.2 Å². The van der Waals surface area contributed by atoms with Crippen molar-refractivity contribution in [3.05, 3.63) is 65.4 Å². The molecule has 29 heavy (non-hydrogen) atoms. The molecular weight excluding hydrogens is 402 g/mol. The second kappa shape index (κ2) is 8.14. The first-order valence-corrected chi connectivity index (χ1v) is 11.1. The lowest BCUT2D eigenvalue weighted by Crippen LogP contribution is -2.38. The van der Waals surface area contributed by atoms with E-state index in [0.717, 1.165) is 64.2 Å². The van der Waals surface area contributed by atoms with Crippen LogP contribution < -0.4 is 5.32 Å². The van der Waals surface area contributed by atoms with Gasteiger partial charge in [0.15, 0.2) is 5.13 Å². The summed E-state index contributed by atoms with van der Waals surface area (Å²) >= 11 is 7.76.